The molecule has 0 atom stereocenters. The number of aromatic nitrogens is 2. The van der Waals surface area contributed by atoms with Crippen LogP contribution in [-0.4, -0.2) is 78.7 Å². The van der Waals surface area contributed by atoms with Crippen molar-refractivity contribution in [1.29, 1.82) is 0 Å². The van der Waals surface area contributed by atoms with Gasteiger partial charge in [-0.2, -0.15) is 0 Å². The Bertz CT molecular complexity index is 1320. The summed E-state index contributed by atoms with van der Waals surface area (Å²) < 4.78 is 11.4. The Morgan fingerprint density at radius 1 is 1.05 bits per heavy atom. The monoisotopic (exact) mass is 565 g/mol. The molecule has 3 amide bonds. The van der Waals surface area contributed by atoms with Gasteiger partial charge in [-0.15, -0.1) is 0 Å². The molecule has 3 fully saturated rings. The molecule has 2 saturated heterocycles. The van der Waals surface area contributed by atoms with Crippen molar-refractivity contribution in [2.24, 2.45) is 11.3 Å². The van der Waals surface area contributed by atoms with E-state index in [9.17, 15) is 14.4 Å². The Balaban J connectivity index is 1.30. The molecule has 12 nitrogen and oxygen atoms in total. The van der Waals surface area contributed by atoms with Gasteiger partial charge >= 0.3 is 6.09 Å². The molecule has 3 N–H and O–H groups in total. The van der Waals surface area contributed by atoms with Crippen LogP contribution in [0.2, 0.25) is 0 Å². The maximum Gasteiger partial charge on any atom is 0.410 e. The Morgan fingerprint density at radius 2 is 1.76 bits per heavy atom. The van der Waals surface area contributed by atoms with Gasteiger partial charge in [0.1, 0.15) is 22.8 Å². The number of rotatable bonds is 7. The molecule has 3 aliphatic rings. The van der Waals surface area contributed by atoms with Crippen LogP contribution < -0.4 is 25.6 Å². The standard InChI is InChI=1S/C29H39N7O5/c1-28(2,3)41-27(39)35-10-8-29(9-11-35)16-36(17-29)22-15-31-14-21(24(22)40-5)33-20-12-23(34-25(37)18-6-7-18)32-13-19(20)26(38)30-4/h12-15,18H,6-11,16-17H2,1-5H3,(H,30,38)(H2,32,33,34,37). The number of likely N-dealkylation sites (tertiary alicyclic amines) is 1. The van der Waals surface area contributed by atoms with Crippen LogP contribution in [-0.2, 0) is 9.53 Å². The van der Waals surface area contributed by atoms with E-state index in [0.29, 0.717) is 41.6 Å². The molecular weight excluding hydrogens is 526 g/mol. The SMILES string of the molecule is CNC(=O)c1cnc(NC(=O)C2CC2)cc1Nc1cncc(N2CC3(CCN(C(=O)OC(C)(C)C)CC3)C2)c1OC. The smallest absolute Gasteiger partial charge is 0.410 e. The minimum atomic E-state index is -0.508. The summed E-state index contributed by atoms with van der Waals surface area (Å²) in [6.45, 7) is 8.63. The van der Waals surface area contributed by atoms with Gasteiger partial charge in [0, 0.05) is 56.8 Å². The van der Waals surface area contributed by atoms with Gasteiger partial charge in [-0.05, 0) is 46.5 Å². The van der Waals surface area contributed by atoms with Gasteiger partial charge in [0.25, 0.3) is 5.91 Å². The molecule has 4 heterocycles. The summed E-state index contributed by atoms with van der Waals surface area (Å²) in [6, 6.07) is 1.65. The van der Waals surface area contributed by atoms with Crippen LogP contribution >= 0.6 is 0 Å². The molecule has 12 heteroatoms. The summed E-state index contributed by atoms with van der Waals surface area (Å²) in [7, 11) is 3.15. The number of carbonyl (C=O) groups is 3. The minimum absolute atomic E-state index is 0.0252. The number of anilines is 4. The second-order valence-electron chi connectivity index (χ2n) is 12.1. The Morgan fingerprint density at radius 3 is 2.37 bits per heavy atom. The quantitative estimate of drug-likeness (QED) is 0.458. The first-order chi connectivity index (χ1) is 19.5. The molecule has 0 aromatic carbocycles. The van der Waals surface area contributed by atoms with Crippen molar-refractivity contribution < 1.29 is 23.9 Å². The highest BCUT2D eigenvalue weighted by Crippen LogP contribution is 2.47. The molecule has 1 aliphatic carbocycles. The highest BCUT2D eigenvalue weighted by Gasteiger charge is 2.47. The van der Waals surface area contributed by atoms with Crippen LogP contribution in [0.1, 0.15) is 56.8 Å². The molecule has 5 rings (SSSR count). The molecule has 1 spiro atoms. The van der Waals surface area contributed by atoms with Crippen molar-refractivity contribution in [3.05, 3.63) is 30.2 Å². The third-order valence-electron chi connectivity index (χ3n) is 7.80. The zero-order chi connectivity index (χ0) is 29.4. The Labute approximate surface area is 240 Å². The normalized spacial score (nSPS) is 17.9. The topological polar surface area (TPSA) is 138 Å². The first kappa shape index (κ1) is 28.4. The molecule has 41 heavy (non-hydrogen) atoms. The van der Waals surface area contributed by atoms with Crippen LogP contribution in [0.5, 0.6) is 5.75 Å². The highest BCUT2D eigenvalue weighted by atomic mass is 16.6. The Kier molecular flexibility index (Phi) is 7.67. The van der Waals surface area contributed by atoms with Crippen molar-refractivity contribution in [3.8, 4) is 5.75 Å². The van der Waals surface area contributed by atoms with E-state index < -0.39 is 5.60 Å². The molecule has 1 saturated carbocycles. The predicted molar refractivity (Wildman–Crippen MR) is 155 cm³/mol. The summed E-state index contributed by atoms with van der Waals surface area (Å²) in [6.07, 6.45) is 8.17. The van der Waals surface area contributed by atoms with Gasteiger partial charge in [-0.1, -0.05) is 0 Å². The molecule has 2 aromatic rings. The number of amides is 3. The lowest BCUT2D eigenvalue weighted by Gasteiger charge is -2.55. The highest BCUT2D eigenvalue weighted by molar-refractivity contribution is 6.01. The number of carbonyl (C=O) groups excluding carboxylic acids is 3. The number of piperidine rings is 1. The maximum atomic E-state index is 12.6. The largest absolute Gasteiger partial charge is 0.492 e. The van der Waals surface area contributed by atoms with Crippen LogP contribution in [0.3, 0.4) is 0 Å². The van der Waals surface area contributed by atoms with E-state index in [1.165, 1.54) is 6.20 Å². The van der Waals surface area contributed by atoms with Crippen molar-refractivity contribution in [2.75, 3.05) is 55.9 Å². The zero-order valence-electron chi connectivity index (χ0n) is 24.4. The average Bonchev–Trinajstić information content (AvgIpc) is 3.76. The number of hydrogen-bond donors (Lipinski definition) is 3. The third-order valence-corrected chi connectivity index (χ3v) is 7.80. The number of nitrogens with zero attached hydrogens (tertiary/aromatic N) is 4. The lowest BCUT2D eigenvalue weighted by Crippen LogP contribution is -2.61. The molecule has 0 radical (unpaired) electrons. The maximum absolute atomic E-state index is 12.6. The fourth-order valence-corrected chi connectivity index (χ4v) is 5.37. The van der Waals surface area contributed by atoms with Crippen LogP contribution in [0.15, 0.2) is 24.7 Å². The zero-order valence-corrected chi connectivity index (χ0v) is 24.4. The first-order valence-electron chi connectivity index (χ1n) is 14.1. The van der Waals surface area contributed by atoms with Gasteiger partial charge < -0.3 is 35.2 Å². The van der Waals surface area contributed by atoms with E-state index in [1.54, 1.807) is 37.5 Å². The Hall–Kier alpha value is -4.09. The molecule has 220 valence electrons. The number of nitrogens with one attached hydrogen (secondary N) is 3. The van der Waals surface area contributed by atoms with E-state index in [2.05, 4.69) is 30.8 Å². The van der Waals surface area contributed by atoms with Gasteiger partial charge in [0.2, 0.25) is 5.91 Å². The fraction of sp³-hybridized carbons (Fsp3) is 0.552. The predicted octanol–water partition coefficient (Wildman–Crippen LogP) is 3.77. The van der Waals surface area contributed by atoms with Crippen molar-refractivity contribution in [1.82, 2.24) is 20.2 Å². The summed E-state index contributed by atoms with van der Waals surface area (Å²) >= 11 is 0. The van der Waals surface area contributed by atoms with Crippen LogP contribution in [0, 0.1) is 11.3 Å². The van der Waals surface area contributed by atoms with Gasteiger partial charge in [-0.3, -0.25) is 14.6 Å². The second-order valence-corrected chi connectivity index (χ2v) is 12.1. The molecule has 2 aliphatic heterocycles. The van der Waals surface area contributed by atoms with E-state index in [-0.39, 0.29) is 29.2 Å². The minimum Gasteiger partial charge on any atom is -0.492 e. The summed E-state index contributed by atoms with van der Waals surface area (Å²) in [5.41, 5.74) is 1.84. The van der Waals surface area contributed by atoms with Gasteiger partial charge in [0.15, 0.2) is 5.75 Å². The first-order valence-corrected chi connectivity index (χ1v) is 14.1. The van der Waals surface area contributed by atoms with E-state index in [1.807, 2.05) is 20.8 Å². The number of hydrogen-bond acceptors (Lipinski definition) is 9. The van der Waals surface area contributed by atoms with E-state index in [0.717, 1.165) is 44.5 Å². The number of ether oxygens (including phenoxy) is 2. The van der Waals surface area contributed by atoms with Crippen molar-refractivity contribution >= 4 is 40.8 Å². The molecule has 0 bridgehead atoms. The van der Waals surface area contributed by atoms with Crippen molar-refractivity contribution in [2.45, 2.75) is 52.1 Å². The summed E-state index contributed by atoms with van der Waals surface area (Å²) in [4.78, 5) is 50.1. The number of pyridine rings is 2. The summed E-state index contributed by atoms with van der Waals surface area (Å²) in [5, 5.41) is 8.76. The summed E-state index contributed by atoms with van der Waals surface area (Å²) in [5.74, 6) is 0.607. The second kappa shape index (κ2) is 11.1. The third kappa shape index (κ3) is 6.31. The molecule has 2 aromatic heterocycles. The molecular formula is C29H39N7O5. The lowest BCUT2D eigenvalue weighted by molar-refractivity contribution is -0.117. The fourth-order valence-electron chi connectivity index (χ4n) is 5.37. The van der Waals surface area contributed by atoms with Crippen LogP contribution in [0.25, 0.3) is 0 Å². The van der Waals surface area contributed by atoms with Gasteiger partial charge in [-0.25, -0.2) is 9.78 Å². The van der Waals surface area contributed by atoms with E-state index in [4.69, 9.17) is 9.47 Å². The van der Waals surface area contributed by atoms with E-state index >= 15 is 0 Å². The van der Waals surface area contributed by atoms with Crippen LogP contribution in [0.4, 0.5) is 27.7 Å². The van der Waals surface area contributed by atoms with Gasteiger partial charge in [0.05, 0.1) is 30.8 Å². The average molecular weight is 566 g/mol. The van der Waals surface area contributed by atoms with Crippen molar-refractivity contribution in [3.63, 3.8) is 0 Å². The lowest BCUT2D eigenvalue weighted by atomic mass is 9.72. The molecule has 0 unspecified atom stereocenters. The number of methoxy groups -OCH3 is 1.